The molecule has 1 aliphatic carbocycles. The van der Waals surface area contributed by atoms with Gasteiger partial charge < -0.3 is 11.1 Å². The van der Waals surface area contributed by atoms with E-state index in [4.69, 9.17) is 5.73 Å². The second-order valence-corrected chi connectivity index (χ2v) is 5.39. The van der Waals surface area contributed by atoms with Crippen LogP contribution in [0.4, 0.5) is 0 Å². The number of carbonyl (C=O) groups is 1. The molecule has 1 aromatic heterocycles. The van der Waals surface area contributed by atoms with E-state index in [-0.39, 0.29) is 30.3 Å². The van der Waals surface area contributed by atoms with E-state index >= 15 is 0 Å². The van der Waals surface area contributed by atoms with Gasteiger partial charge in [0.15, 0.2) is 0 Å². The summed E-state index contributed by atoms with van der Waals surface area (Å²) in [5.74, 6) is 0.0914. The summed E-state index contributed by atoms with van der Waals surface area (Å²) in [4.78, 5) is 12.0. The Morgan fingerprint density at radius 2 is 2.26 bits per heavy atom. The number of carbonyl (C=O) groups excluding carboxylic acids is 1. The van der Waals surface area contributed by atoms with E-state index in [1.54, 1.807) is 0 Å². The van der Waals surface area contributed by atoms with E-state index < -0.39 is 6.04 Å². The number of aromatic nitrogens is 2. The second-order valence-electron chi connectivity index (χ2n) is 5.39. The predicted octanol–water partition coefficient (Wildman–Crippen LogP) is 1.32. The Bertz CT molecular complexity index is 444. The summed E-state index contributed by atoms with van der Waals surface area (Å²) >= 11 is 0. The minimum absolute atomic E-state index is 0. The number of hydrogen-bond donors (Lipinski definition) is 2. The largest absolute Gasteiger partial charge is 0.348 e. The van der Waals surface area contributed by atoms with Crippen molar-refractivity contribution in [3.63, 3.8) is 0 Å². The minimum atomic E-state index is -0.438. The molecule has 0 bridgehead atoms. The van der Waals surface area contributed by atoms with Crippen LogP contribution in [0.5, 0.6) is 0 Å². The van der Waals surface area contributed by atoms with Crippen LogP contribution in [0.25, 0.3) is 0 Å². The van der Waals surface area contributed by atoms with Crippen molar-refractivity contribution in [1.29, 1.82) is 0 Å². The zero-order valence-corrected chi connectivity index (χ0v) is 12.5. The Balaban J connectivity index is 0.00000180. The van der Waals surface area contributed by atoms with Crippen LogP contribution in [0, 0.1) is 5.92 Å². The van der Waals surface area contributed by atoms with Crippen molar-refractivity contribution in [2.24, 2.45) is 18.7 Å². The fraction of sp³-hybridized carbons (Fsp3) is 0.692. The third-order valence-electron chi connectivity index (χ3n) is 3.71. The molecule has 0 fully saturated rings. The van der Waals surface area contributed by atoms with Gasteiger partial charge in [-0.15, -0.1) is 12.4 Å². The highest BCUT2D eigenvalue weighted by molar-refractivity contribution is 5.85. The smallest absolute Gasteiger partial charge is 0.237 e. The average Bonchev–Trinajstić information content (AvgIpc) is 2.71. The van der Waals surface area contributed by atoms with Gasteiger partial charge in [-0.3, -0.25) is 9.48 Å². The van der Waals surface area contributed by atoms with Crippen LogP contribution in [0.15, 0.2) is 6.20 Å². The second kappa shape index (κ2) is 6.39. The molecule has 6 heteroatoms. The number of nitrogens with one attached hydrogen (secondary N) is 1. The first-order valence-electron chi connectivity index (χ1n) is 6.57. The summed E-state index contributed by atoms with van der Waals surface area (Å²) < 4.78 is 1.90. The molecule has 5 nitrogen and oxygen atoms in total. The first-order valence-corrected chi connectivity index (χ1v) is 6.57. The van der Waals surface area contributed by atoms with Crippen LogP contribution in [-0.2, 0) is 18.3 Å². The Morgan fingerprint density at radius 3 is 2.89 bits per heavy atom. The highest BCUT2D eigenvalue weighted by atomic mass is 35.5. The lowest BCUT2D eigenvalue weighted by Crippen LogP contribution is -2.45. The molecule has 3 N–H and O–H groups in total. The number of hydrogen-bond acceptors (Lipinski definition) is 3. The molecule has 0 spiro atoms. The van der Waals surface area contributed by atoms with Crippen LogP contribution in [0.2, 0.25) is 0 Å². The van der Waals surface area contributed by atoms with Gasteiger partial charge in [0.2, 0.25) is 5.91 Å². The third-order valence-corrected chi connectivity index (χ3v) is 3.71. The lowest BCUT2D eigenvalue weighted by molar-refractivity contribution is -0.124. The molecule has 0 aromatic carbocycles. The monoisotopic (exact) mass is 286 g/mol. The lowest BCUT2D eigenvalue weighted by atomic mass is 9.92. The van der Waals surface area contributed by atoms with Gasteiger partial charge in [-0.1, -0.05) is 13.8 Å². The van der Waals surface area contributed by atoms with Crippen molar-refractivity contribution < 1.29 is 4.79 Å². The molecular weight excluding hydrogens is 264 g/mol. The Morgan fingerprint density at radius 1 is 1.58 bits per heavy atom. The Kier molecular flexibility index (Phi) is 5.38. The summed E-state index contributed by atoms with van der Waals surface area (Å²) in [6.45, 7) is 3.92. The van der Waals surface area contributed by atoms with Crippen molar-refractivity contribution in [3.8, 4) is 0 Å². The van der Waals surface area contributed by atoms with Crippen molar-refractivity contribution in [2.45, 2.75) is 45.2 Å². The summed E-state index contributed by atoms with van der Waals surface area (Å²) in [6.07, 6.45) is 4.94. The fourth-order valence-electron chi connectivity index (χ4n) is 2.43. The Hall–Kier alpha value is -1.07. The molecule has 2 rings (SSSR count). The van der Waals surface area contributed by atoms with Crippen molar-refractivity contribution in [2.75, 3.05) is 0 Å². The maximum Gasteiger partial charge on any atom is 0.237 e. The van der Waals surface area contributed by atoms with Crippen LogP contribution in [-0.4, -0.2) is 21.7 Å². The van der Waals surface area contributed by atoms with Crippen molar-refractivity contribution in [1.82, 2.24) is 15.1 Å². The predicted molar refractivity (Wildman–Crippen MR) is 77.1 cm³/mol. The van der Waals surface area contributed by atoms with Crippen LogP contribution in [0.3, 0.4) is 0 Å². The molecule has 1 aromatic rings. The number of aryl methyl sites for hydroxylation is 1. The molecule has 0 saturated heterocycles. The van der Waals surface area contributed by atoms with Gasteiger partial charge >= 0.3 is 0 Å². The summed E-state index contributed by atoms with van der Waals surface area (Å²) in [5, 5.41) is 7.32. The summed E-state index contributed by atoms with van der Waals surface area (Å²) in [6, 6.07) is -0.369. The van der Waals surface area contributed by atoms with Crippen molar-refractivity contribution >= 4 is 18.3 Å². The van der Waals surface area contributed by atoms with Gasteiger partial charge in [-0.2, -0.15) is 5.10 Å². The molecule has 1 aliphatic rings. The van der Waals surface area contributed by atoms with E-state index in [1.807, 2.05) is 31.8 Å². The van der Waals surface area contributed by atoms with E-state index in [0.717, 1.165) is 24.8 Å². The summed E-state index contributed by atoms with van der Waals surface area (Å²) in [5.41, 5.74) is 8.24. The van der Waals surface area contributed by atoms with Crippen LogP contribution in [0.1, 0.15) is 44.0 Å². The maximum absolute atomic E-state index is 12.0. The number of halogens is 1. The molecule has 2 atom stereocenters. The fourth-order valence-corrected chi connectivity index (χ4v) is 2.43. The number of nitrogens with two attached hydrogens (primary N) is 1. The van der Waals surface area contributed by atoms with Crippen LogP contribution >= 0.6 is 12.4 Å². The molecular formula is C13H23ClN4O. The number of nitrogens with zero attached hydrogens (tertiary/aromatic N) is 2. The Labute approximate surface area is 120 Å². The highest BCUT2D eigenvalue weighted by Crippen LogP contribution is 2.29. The number of rotatable bonds is 3. The standard InChI is InChI=1S/C13H22N4O.ClH/c1-8(2)12(14)13(18)16-10-5-4-6-11-9(10)7-15-17(11)3;/h7-8,10,12H,4-6,14H2,1-3H3,(H,16,18);1H. The van der Waals surface area contributed by atoms with E-state index in [0.29, 0.717) is 0 Å². The first-order chi connectivity index (χ1) is 8.50. The quantitative estimate of drug-likeness (QED) is 0.880. The van der Waals surface area contributed by atoms with Gasteiger partial charge in [0.25, 0.3) is 0 Å². The van der Waals surface area contributed by atoms with Gasteiger partial charge in [0, 0.05) is 18.3 Å². The molecule has 19 heavy (non-hydrogen) atoms. The van der Waals surface area contributed by atoms with Crippen LogP contribution < -0.4 is 11.1 Å². The zero-order valence-electron chi connectivity index (χ0n) is 11.7. The average molecular weight is 287 g/mol. The maximum atomic E-state index is 12.0. The third kappa shape index (κ3) is 3.28. The highest BCUT2D eigenvalue weighted by Gasteiger charge is 2.27. The van der Waals surface area contributed by atoms with E-state index in [1.165, 1.54) is 5.69 Å². The molecule has 1 heterocycles. The lowest BCUT2D eigenvalue weighted by Gasteiger charge is -2.26. The summed E-state index contributed by atoms with van der Waals surface area (Å²) in [7, 11) is 1.95. The molecule has 0 saturated carbocycles. The topological polar surface area (TPSA) is 72.9 Å². The van der Waals surface area contributed by atoms with Gasteiger partial charge in [-0.25, -0.2) is 0 Å². The molecule has 0 radical (unpaired) electrons. The van der Waals surface area contributed by atoms with E-state index in [2.05, 4.69) is 10.4 Å². The molecule has 1 amide bonds. The van der Waals surface area contributed by atoms with Gasteiger partial charge in [0.1, 0.15) is 0 Å². The normalized spacial score (nSPS) is 19.5. The molecule has 108 valence electrons. The zero-order chi connectivity index (χ0) is 13.3. The molecule has 2 unspecified atom stereocenters. The number of fused-ring (bicyclic) bond motifs is 1. The van der Waals surface area contributed by atoms with Gasteiger partial charge in [-0.05, 0) is 25.2 Å². The van der Waals surface area contributed by atoms with E-state index in [9.17, 15) is 4.79 Å². The molecule has 0 aliphatic heterocycles. The van der Waals surface area contributed by atoms with Gasteiger partial charge in [0.05, 0.1) is 18.3 Å². The minimum Gasteiger partial charge on any atom is -0.348 e. The SMILES string of the molecule is CC(C)C(N)C(=O)NC1CCCc2c1cnn2C.Cl. The first kappa shape index (κ1) is 16.0. The van der Waals surface area contributed by atoms with Crippen molar-refractivity contribution in [3.05, 3.63) is 17.5 Å². The number of amides is 1.